The predicted octanol–water partition coefficient (Wildman–Crippen LogP) is 1.61. The van der Waals surface area contributed by atoms with E-state index in [0.717, 1.165) is 0 Å². The Labute approximate surface area is 125 Å². The molecule has 2 aliphatic heterocycles. The van der Waals surface area contributed by atoms with E-state index < -0.39 is 5.60 Å². The maximum absolute atomic E-state index is 12.2. The molecule has 0 aromatic rings. The van der Waals surface area contributed by atoms with Gasteiger partial charge in [0, 0.05) is 19.6 Å². The Morgan fingerprint density at radius 2 is 2.00 bits per heavy atom. The van der Waals surface area contributed by atoms with Crippen LogP contribution in [0.2, 0.25) is 0 Å². The number of hydrogen-bond donors (Lipinski definition) is 0. The van der Waals surface area contributed by atoms with E-state index in [1.54, 1.807) is 11.8 Å². The van der Waals surface area contributed by atoms with E-state index in [9.17, 15) is 9.59 Å². The fraction of sp³-hybridized carbons (Fsp3) is 0.733. The lowest BCUT2D eigenvalue weighted by molar-refractivity contribution is -0.148. The Balaban J connectivity index is 1.99. The molecule has 2 rings (SSSR count). The first kappa shape index (κ1) is 15.7. The molecule has 6 nitrogen and oxygen atoms in total. The summed E-state index contributed by atoms with van der Waals surface area (Å²) in [7, 11) is 0. The van der Waals surface area contributed by atoms with Crippen molar-refractivity contribution in [2.45, 2.75) is 39.3 Å². The van der Waals surface area contributed by atoms with Gasteiger partial charge in [-0.15, -0.1) is 0 Å². The van der Waals surface area contributed by atoms with Crippen LogP contribution in [0.3, 0.4) is 0 Å². The highest BCUT2D eigenvalue weighted by Crippen LogP contribution is 2.27. The zero-order valence-corrected chi connectivity index (χ0v) is 13.2. The molecule has 2 aliphatic rings. The summed E-state index contributed by atoms with van der Waals surface area (Å²) >= 11 is 0. The van der Waals surface area contributed by atoms with Crippen LogP contribution in [0.15, 0.2) is 12.3 Å². The number of carbonyl (C=O) groups excluding carboxylic acids is 2. The quantitative estimate of drug-likeness (QED) is 0.725. The smallest absolute Gasteiger partial charge is 0.410 e. The van der Waals surface area contributed by atoms with Crippen molar-refractivity contribution < 1.29 is 19.1 Å². The van der Waals surface area contributed by atoms with Gasteiger partial charge in [0.2, 0.25) is 0 Å². The largest absolute Gasteiger partial charge is 0.465 e. The maximum Gasteiger partial charge on any atom is 0.410 e. The fourth-order valence-corrected chi connectivity index (χ4v) is 2.63. The van der Waals surface area contributed by atoms with Crippen molar-refractivity contribution in [2.75, 3.05) is 26.2 Å². The number of carbonyl (C=O) groups is 2. The minimum atomic E-state index is -0.511. The lowest BCUT2D eigenvalue weighted by Gasteiger charge is -2.40. The van der Waals surface area contributed by atoms with Gasteiger partial charge >= 0.3 is 12.1 Å². The van der Waals surface area contributed by atoms with E-state index in [-0.39, 0.29) is 24.0 Å². The normalized spacial score (nSPS) is 24.8. The highest BCUT2D eigenvalue weighted by atomic mass is 16.6. The highest BCUT2D eigenvalue weighted by Gasteiger charge is 2.40. The van der Waals surface area contributed by atoms with E-state index in [1.807, 2.05) is 33.0 Å². The number of amides is 1. The Morgan fingerprint density at radius 1 is 1.29 bits per heavy atom. The zero-order valence-electron chi connectivity index (χ0n) is 13.2. The SMILES string of the molecule is CCOC(=O)C1C=CN2CCN(C(=O)OC(C)(C)C)CC12. The van der Waals surface area contributed by atoms with Crippen molar-refractivity contribution in [3.63, 3.8) is 0 Å². The molecule has 0 radical (unpaired) electrons. The van der Waals surface area contributed by atoms with Gasteiger partial charge in [0.25, 0.3) is 0 Å². The number of ether oxygens (including phenoxy) is 2. The van der Waals surface area contributed by atoms with Crippen molar-refractivity contribution in [2.24, 2.45) is 5.92 Å². The average Bonchev–Trinajstić information content (AvgIpc) is 2.79. The summed E-state index contributed by atoms with van der Waals surface area (Å²) in [5, 5.41) is 0. The first-order valence-electron chi connectivity index (χ1n) is 7.40. The van der Waals surface area contributed by atoms with Crippen LogP contribution in [0.25, 0.3) is 0 Å². The van der Waals surface area contributed by atoms with E-state index in [1.165, 1.54) is 0 Å². The molecule has 1 fully saturated rings. The van der Waals surface area contributed by atoms with Gasteiger partial charge in [-0.25, -0.2) is 4.79 Å². The number of esters is 1. The molecule has 1 amide bonds. The summed E-state index contributed by atoms with van der Waals surface area (Å²) in [6, 6.07) is -0.0506. The molecular formula is C15H24N2O4. The number of fused-ring (bicyclic) bond motifs is 1. The summed E-state index contributed by atoms with van der Waals surface area (Å²) < 4.78 is 10.5. The van der Waals surface area contributed by atoms with Crippen LogP contribution in [-0.2, 0) is 14.3 Å². The van der Waals surface area contributed by atoms with Gasteiger partial charge < -0.3 is 19.3 Å². The van der Waals surface area contributed by atoms with Gasteiger partial charge in [0.05, 0.1) is 18.6 Å². The van der Waals surface area contributed by atoms with Gasteiger partial charge in [-0.05, 0) is 33.9 Å². The molecule has 6 heteroatoms. The number of piperazine rings is 1. The minimum Gasteiger partial charge on any atom is -0.465 e. The van der Waals surface area contributed by atoms with Crippen LogP contribution in [0, 0.1) is 5.92 Å². The zero-order chi connectivity index (χ0) is 15.6. The Hall–Kier alpha value is -1.72. The summed E-state index contributed by atoms with van der Waals surface area (Å²) in [6.07, 6.45) is 3.47. The van der Waals surface area contributed by atoms with Gasteiger partial charge in [0.15, 0.2) is 0 Å². The summed E-state index contributed by atoms with van der Waals surface area (Å²) in [6.45, 7) is 9.49. The molecule has 0 aliphatic carbocycles. The Kier molecular flexibility index (Phi) is 4.44. The van der Waals surface area contributed by atoms with E-state index in [0.29, 0.717) is 26.2 Å². The van der Waals surface area contributed by atoms with Gasteiger partial charge in [-0.2, -0.15) is 0 Å². The average molecular weight is 296 g/mol. The van der Waals surface area contributed by atoms with E-state index >= 15 is 0 Å². The van der Waals surface area contributed by atoms with E-state index in [4.69, 9.17) is 9.47 Å². The molecule has 0 aromatic carbocycles. The Bertz CT molecular complexity index is 441. The van der Waals surface area contributed by atoms with Crippen LogP contribution in [0.1, 0.15) is 27.7 Å². The highest BCUT2D eigenvalue weighted by molar-refractivity contribution is 5.76. The van der Waals surface area contributed by atoms with Crippen LogP contribution in [0.5, 0.6) is 0 Å². The second-order valence-corrected chi connectivity index (χ2v) is 6.35. The topological polar surface area (TPSA) is 59.1 Å². The van der Waals surface area contributed by atoms with E-state index in [2.05, 4.69) is 4.90 Å². The maximum atomic E-state index is 12.2. The molecule has 1 saturated heterocycles. The predicted molar refractivity (Wildman–Crippen MR) is 77.6 cm³/mol. The summed E-state index contributed by atoms with van der Waals surface area (Å²) in [5.41, 5.74) is -0.511. The first-order valence-corrected chi connectivity index (χ1v) is 7.40. The van der Waals surface area contributed by atoms with Crippen LogP contribution in [0.4, 0.5) is 4.79 Å². The third-order valence-corrected chi connectivity index (χ3v) is 3.57. The molecule has 118 valence electrons. The summed E-state index contributed by atoms with van der Waals surface area (Å²) in [5.74, 6) is -0.539. The van der Waals surface area contributed by atoms with Crippen LogP contribution < -0.4 is 0 Å². The molecule has 2 unspecified atom stereocenters. The third-order valence-electron chi connectivity index (χ3n) is 3.57. The molecular weight excluding hydrogens is 272 g/mol. The molecule has 21 heavy (non-hydrogen) atoms. The molecule has 0 N–H and O–H groups in total. The molecule has 2 heterocycles. The third kappa shape index (κ3) is 3.68. The van der Waals surface area contributed by atoms with Crippen molar-refractivity contribution in [1.29, 1.82) is 0 Å². The lowest BCUT2D eigenvalue weighted by atomic mass is 10.00. The van der Waals surface area contributed by atoms with Crippen molar-refractivity contribution in [1.82, 2.24) is 9.80 Å². The Morgan fingerprint density at radius 3 is 2.62 bits per heavy atom. The minimum absolute atomic E-state index is 0.0506. The van der Waals surface area contributed by atoms with Crippen LogP contribution >= 0.6 is 0 Å². The second kappa shape index (κ2) is 5.95. The monoisotopic (exact) mass is 296 g/mol. The number of hydrogen-bond acceptors (Lipinski definition) is 5. The lowest BCUT2D eigenvalue weighted by Crippen LogP contribution is -2.55. The van der Waals surface area contributed by atoms with Gasteiger partial charge in [-0.1, -0.05) is 6.08 Å². The van der Waals surface area contributed by atoms with Crippen LogP contribution in [-0.4, -0.2) is 59.7 Å². The van der Waals surface area contributed by atoms with Crippen molar-refractivity contribution in [3.8, 4) is 0 Å². The number of nitrogens with zero attached hydrogens (tertiary/aromatic N) is 2. The fourth-order valence-electron chi connectivity index (χ4n) is 2.63. The molecule has 2 atom stereocenters. The first-order chi connectivity index (χ1) is 9.81. The van der Waals surface area contributed by atoms with Gasteiger partial charge in [-0.3, -0.25) is 4.79 Å². The molecule has 0 aromatic heterocycles. The van der Waals surface area contributed by atoms with Crippen molar-refractivity contribution >= 4 is 12.1 Å². The van der Waals surface area contributed by atoms with Crippen molar-refractivity contribution in [3.05, 3.63) is 12.3 Å². The van der Waals surface area contributed by atoms with Gasteiger partial charge in [0.1, 0.15) is 5.60 Å². The molecule has 0 bridgehead atoms. The number of rotatable bonds is 2. The second-order valence-electron chi connectivity index (χ2n) is 6.35. The standard InChI is InChI=1S/C15H24N2O4/c1-5-20-13(18)11-6-7-16-8-9-17(10-12(11)16)14(19)21-15(2,3)4/h6-7,11-12H,5,8-10H2,1-4H3. The summed E-state index contributed by atoms with van der Waals surface area (Å²) in [4.78, 5) is 27.9. The molecule has 0 spiro atoms. The molecule has 0 saturated carbocycles.